The molecule has 0 bridgehead atoms. The molecule has 0 atom stereocenters. The molecule has 0 spiro atoms. The molecule has 1 aromatic heterocycles. The van der Waals surface area contributed by atoms with E-state index in [1.807, 2.05) is 11.5 Å². The SMILES string of the molecule is CCn1c(COC(=O)CCc2ccccc2F)nc2cc(S(=O)(=O)N3CCCCC3)ccc21. The molecule has 1 saturated heterocycles. The van der Waals surface area contributed by atoms with Crippen molar-refractivity contribution in [2.45, 2.75) is 57.1 Å². The first-order valence-corrected chi connectivity index (χ1v) is 12.7. The number of aryl methyl sites for hydroxylation is 2. The molecule has 176 valence electrons. The van der Waals surface area contributed by atoms with Crippen molar-refractivity contribution in [1.29, 1.82) is 0 Å². The Hall–Kier alpha value is -2.78. The smallest absolute Gasteiger partial charge is 0.306 e. The van der Waals surface area contributed by atoms with Gasteiger partial charge in [0.2, 0.25) is 10.0 Å². The first-order chi connectivity index (χ1) is 15.9. The van der Waals surface area contributed by atoms with E-state index < -0.39 is 16.0 Å². The van der Waals surface area contributed by atoms with E-state index in [2.05, 4.69) is 4.98 Å². The van der Waals surface area contributed by atoms with Gasteiger partial charge in [0.05, 0.1) is 15.9 Å². The summed E-state index contributed by atoms with van der Waals surface area (Å²) in [5, 5.41) is 0. The molecule has 1 aliphatic rings. The number of aromatic nitrogens is 2. The summed E-state index contributed by atoms with van der Waals surface area (Å²) in [4.78, 5) is 17.0. The zero-order valence-corrected chi connectivity index (χ0v) is 19.5. The topological polar surface area (TPSA) is 81.5 Å². The van der Waals surface area contributed by atoms with Gasteiger partial charge in [-0.3, -0.25) is 4.79 Å². The molecule has 2 aromatic carbocycles. The zero-order valence-electron chi connectivity index (χ0n) is 18.7. The van der Waals surface area contributed by atoms with Gasteiger partial charge in [-0.05, 0) is 56.0 Å². The first kappa shape index (κ1) is 23.4. The number of piperidine rings is 1. The van der Waals surface area contributed by atoms with Crippen LogP contribution >= 0.6 is 0 Å². The van der Waals surface area contributed by atoms with Gasteiger partial charge in [0.15, 0.2) is 0 Å². The summed E-state index contributed by atoms with van der Waals surface area (Å²) in [6, 6.07) is 11.3. The number of halogens is 1. The minimum absolute atomic E-state index is 0.0349. The third-order valence-corrected chi connectivity index (χ3v) is 7.88. The van der Waals surface area contributed by atoms with Crippen molar-refractivity contribution in [3.8, 4) is 0 Å². The second-order valence-corrected chi connectivity index (χ2v) is 10.1. The first-order valence-electron chi connectivity index (χ1n) is 11.3. The number of rotatable bonds is 8. The maximum absolute atomic E-state index is 13.7. The average molecular weight is 474 g/mol. The number of carbonyl (C=O) groups excluding carboxylic acids is 1. The minimum atomic E-state index is -3.56. The standard InChI is InChI=1S/C24H28FN3O4S/c1-2-28-22-12-11-19(33(30,31)27-14-6-3-7-15-27)16-21(22)26-23(28)17-32-24(29)13-10-18-8-4-5-9-20(18)25/h4-5,8-9,11-12,16H,2-3,6-7,10,13-15,17H2,1H3. The number of sulfonamides is 1. The molecule has 2 heterocycles. The van der Waals surface area contributed by atoms with Crippen LogP contribution < -0.4 is 0 Å². The lowest BCUT2D eigenvalue weighted by atomic mass is 10.1. The molecule has 0 unspecified atom stereocenters. The summed E-state index contributed by atoms with van der Waals surface area (Å²) in [6.07, 6.45) is 3.12. The van der Waals surface area contributed by atoms with Gasteiger partial charge in [-0.25, -0.2) is 17.8 Å². The van der Waals surface area contributed by atoms with E-state index in [-0.39, 0.29) is 30.2 Å². The Morgan fingerprint density at radius 3 is 2.61 bits per heavy atom. The third-order valence-electron chi connectivity index (χ3n) is 5.99. The molecule has 4 rings (SSSR count). The molecule has 0 saturated carbocycles. The highest BCUT2D eigenvalue weighted by atomic mass is 32.2. The highest BCUT2D eigenvalue weighted by Gasteiger charge is 2.26. The van der Waals surface area contributed by atoms with Gasteiger partial charge in [-0.2, -0.15) is 4.31 Å². The second-order valence-electron chi connectivity index (χ2n) is 8.14. The van der Waals surface area contributed by atoms with Crippen LogP contribution in [0.3, 0.4) is 0 Å². The van der Waals surface area contributed by atoms with Crippen molar-refractivity contribution >= 4 is 27.0 Å². The molecule has 1 aliphatic heterocycles. The van der Waals surface area contributed by atoms with Gasteiger partial charge in [-0.15, -0.1) is 0 Å². The van der Waals surface area contributed by atoms with Crippen LogP contribution in [0.1, 0.15) is 44.0 Å². The van der Waals surface area contributed by atoms with E-state index in [0.717, 1.165) is 24.8 Å². The Bertz CT molecular complexity index is 1250. The molecular weight excluding hydrogens is 445 g/mol. The molecule has 33 heavy (non-hydrogen) atoms. The van der Waals surface area contributed by atoms with E-state index in [9.17, 15) is 17.6 Å². The molecule has 7 nitrogen and oxygen atoms in total. The predicted octanol–water partition coefficient (Wildman–Crippen LogP) is 4.05. The van der Waals surface area contributed by atoms with Gasteiger partial charge in [-0.1, -0.05) is 24.6 Å². The van der Waals surface area contributed by atoms with Crippen LogP contribution in [0.4, 0.5) is 4.39 Å². The minimum Gasteiger partial charge on any atom is -0.457 e. The van der Waals surface area contributed by atoms with Crippen molar-refractivity contribution < 1.29 is 22.3 Å². The number of nitrogens with zero attached hydrogens (tertiary/aromatic N) is 3. The maximum Gasteiger partial charge on any atom is 0.306 e. The molecule has 0 amide bonds. The van der Waals surface area contributed by atoms with Crippen LogP contribution in [0.5, 0.6) is 0 Å². The van der Waals surface area contributed by atoms with Crippen LogP contribution in [0.15, 0.2) is 47.4 Å². The lowest BCUT2D eigenvalue weighted by Crippen LogP contribution is -2.35. The quantitative estimate of drug-likeness (QED) is 0.461. The van der Waals surface area contributed by atoms with E-state index in [0.29, 0.717) is 36.5 Å². The fourth-order valence-corrected chi connectivity index (χ4v) is 5.73. The number of esters is 1. The number of benzene rings is 2. The number of fused-ring (bicyclic) bond motifs is 1. The fraction of sp³-hybridized carbons (Fsp3) is 0.417. The number of ether oxygens (including phenoxy) is 1. The Labute approximate surface area is 193 Å². The van der Waals surface area contributed by atoms with Gasteiger partial charge < -0.3 is 9.30 Å². The highest BCUT2D eigenvalue weighted by molar-refractivity contribution is 7.89. The fourth-order valence-electron chi connectivity index (χ4n) is 4.19. The normalized spacial score (nSPS) is 15.1. The largest absolute Gasteiger partial charge is 0.457 e. The molecule has 9 heteroatoms. The number of hydrogen-bond acceptors (Lipinski definition) is 5. The summed E-state index contributed by atoms with van der Waals surface area (Å²) >= 11 is 0. The summed E-state index contributed by atoms with van der Waals surface area (Å²) in [5.74, 6) is -0.242. The van der Waals surface area contributed by atoms with Crippen LogP contribution in [0.2, 0.25) is 0 Å². The van der Waals surface area contributed by atoms with Gasteiger partial charge in [0, 0.05) is 26.1 Å². The van der Waals surface area contributed by atoms with Crippen LogP contribution in [0, 0.1) is 5.82 Å². The number of carbonyl (C=O) groups is 1. The van der Waals surface area contributed by atoms with Crippen molar-refractivity contribution in [2.75, 3.05) is 13.1 Å². The van der Waals surface area contributed by atoms with Gasteiger partial charge in [0.25, 0.3) is 0 Å². The Morgan fingerprint density at radius 1 is 1.12 bits per heavy atom. The molecular formula is C24H28FN3O4S. The summed E-state index contributed by atoms with van der Waals surface area (Å²) in [7, 11) is -3.56. The summed E-state index contributed by atoms with van der Waals surface area (Å²) in [6.45, 7) is 3.59. The highest BCUT2D eigenvalue weighted by Crippen LogP contribution is 2.25. The Morgan fingerprint density at radius 2 is 1.88 bits per heavy atom. The summed E-state index contributed by atoms with van der Waals surface area (Å²) < 4.78 is 48.6. The molecule has 1 fully saturated rings. The molecule has 0 radical (unpaired) electrons. The van der Waals surface area contributed by atoms with Crippen LogP contribution in [-0.2, 0) is 39.1 Å². The van der Waals surface area contributed by atoms with Crippen LogP contribution in [-0.4, -0.2) is 41.3 Å². The van der Waals surface area contributed by atoms with Crippen molar-refractivity contribution in [2.24, 2.45) is 0 Å². The van der Waals surface area contributed by atoms with Crippen molar-refractivity contribution in [3.05, 3.63) is 59.7 Å². The summed E-state index contributed by atoms with van der Waals surface area (Å²) in [5.41, 5.74) is 1.80. The van der Waals surface area contributed by atoms with Crippen LogP contribution in [0.25, 0.3) is 11.0 Å². The number of hydrogen-bond donors (Lipinski definition) is 0. The number of imidazole rings is 1. The van der Waals surface area contributed by atoms with Gasteiger partial charge in [0.1, 0.15) is 18.2 Å². The lowest BCUT2D eigenvalue weighted by Gasteiger charge is -2.25. The monoisotopic (exact) mass is 473 g/mol. The molecule has 0 N–H and O–H groups in total. The molecule has 3 aromatic rings. The second kappa shape index (κ2) is 10.0. The Kier molecular flexibility index (Phi) is 7.09. The predicted molar refractivity (Wildman–Crippen MR) is 123 cm³/mol. The van der Waals surface area contributed by atoms with E-state index >= 15 is 0 Å². The average Bonchev–Trinajstić information content (AvgIpc) is 3.19. The lowest BCUT2D eigenvalue weighted by molar-refractivity contribution is -0.145. The van der Waals surface area contributed by atoms with Gasteiger partial charge >= 0.3 is 5.97 Å². The van der Waals surface area contributed by atoms with E-state index in [4.69, 9.17) is 4.74 Å². The Balaban J connectivity index is 1.47. The zero-order chi connectivity index (χ0) is 23.4. The van der Waals surface area contributed by atoms with E-state index in [1.54, 1.807) is 36.4 Å². The maximum atomic E-state index is 13.7. The van der Waals surface area contributed by atoms with Crippen molar-refractivity contribution in [1.82, 2.24) is 13.9 Å². The third kappa shape index (κ3) is 5.09. The molecule has 0 aliphatic carbocycles. The van der Waals surface area contributed by atoms with E-state index in [1.165, 1.54) is 10.4 Å². The van der Waals surface area contributed by atoms with Crippen molar-refractivity contribution in [3.63, 3.8) is 0 Å².